The minimum Gasteiger partial charge on any atom is -0.493 e. The molecule has 1 saturated carbocycles. The first kappa shape index (κ1) is 25.7. The van der Waals surface area contributed by atoms with E-state index in [0.717, 1.165) is 30.7 Å². The van der Waals surface area contributed by atoms with Crippen LogP contribution in [0.15, 0.2) is 48.7 Å². The van der Waals surface area contributed by atoms with Gasteiger partial charge in [-0.3, -0.25) is 14.6 Å². The Bertz CT molecular complexity index is 1360. The van der Waals surface area contributed by atoms with Crippen LogP contribution < -0.4 is 25.3 Å². The molecular formula is C25H21F4N3O5. The number of nitrogens with two attached hydrogens (primary N) is 1. The number of halogens is 4. The number of anilines is 1. The molecule has 0 unspecified atom stereocenters. The number of carbonyl (C=O) groups excluding carboxylic acids is 2. The average molecular weight is 519 g/mol. The molecule has 12 heteroatoms. The topological polar surface area (TPSA) is 113 Å². The molecular weight excluding hydrogens is 498 g/mol. The first-order chi connectivity index (χ1) is 17.4. The molecule has 8 nitrogen and oxygen atoms in total. The maximum Gasteiger partial charge on any atom is 0.573 e. The Hall–Kier alpha value is -4.35. The van der Waals surface area contributed by atoms with E-state index < -0.39 is 35.3 Å². The summed E-state index contributed by atoms with van der Waals surface area (Å²) in [5.41, 5.74) is 5.50. The third-order valence-corrected chi connectivity index (χ3v) is 5.70. The number of primary amides is 1. The molecule has 1 aliphatic rings. The lowest BCUT2D eigenvalue weighted by atomic mass is 10.1. The van der Waals surface area contributed by atoms with Gasteiger partial charge in [0, 0.05) is 35.6 Å². The SMILES string of the molecule is COc1cc(OC(F)(F)F)ccc1Oc1cc([C@H]2C[C@@H]2C)ncc1C(=O)Nc1ccc(F)c(C(N)=O)c1. The Labute approximate surface area is 208 Å². The molecule has 0 radical (unpaired) electrons. The van der Waals surface area contributed by atoms with E-state index >= 15 is 0 Å². The Kier molecular flexibility index (Phi) is 6.92. The predicted molar refractivity (Wildman–Crippen MR) is 123 cm³/mol. The lowest BCUT2D eigenvalue weighted by Gasteiger charge is -2.16. The number of alkyl halides is 3. The van der Waals surface area contributed by atoms with E-state index in [1.165, 1.54) is 25.4 Å². The second-order valence-electron chi connectivity index (χ2n) is 8.40. The van der Waals surface area contributed by atoms with Crippen molar-refractivity contribution in [2.45, 2.75) is 25.6 Å². The summed E-state index contributed by atoms with van der Waals surface area (Å²) in [5.74, 6) is -2.51. The van der Waals surface area contributed by atoms with Crippen LogP contribution in [0.5, 0.6) is 23.0 Å². The first-order valence-corrected chi connectivity index (χ1v) is 11.0. The summed E-state index contributed by atoms with van der Waals surface area (Å²) in [7, 11) is 1.24. The molecule has 0 spiro atoms. The maximum absolute atomic E-state index is 13.8. The van der Waals surface area contributed by atoms with Crippen molar-refractivity contribution in [1.29, 1.82) is 0 Å². The van der Waals surface area contributed by atoms with Crippen molar-refractivity contribution in [3.05, 3.63) is 71.3 Å². The van der Waals surface area contributed by atoms with Crippen LogP contribution in [0.25, 0.3) is 0 Å². The van der Waals surface area contributed by atoms with E-state index in [0.29, 0.717) is 11.6 Å². The first-order valence-electron chi connectivity index (χ1n) is 11.0. The second kappa shape index (κ2) is 9.96. The van der Waals surface area contributed by atoms with Gasteiger partial charge >= 0.3 is 6.36 Å². The van der Waals surface area contributed by atoms with E-state index in [2.05, 4.69) is 15.0 Å². The summed E-state index contributed by atoms with van der Waals surface area (Å²) in [6, 6.07) is 8.14. The average Bonchev–Trinajstić information content (AvgIpc) is 3.56. The second-order valence-corrected chi connectivity index (χ2v) is 8.40. The van der Waals surface area contributed by atoms with Gasteiger partial charge in [-0.2, -0.15) is 0 Å². The zero-order valence-corrected chi connectivity index (χ0v) is 19.6. The van der Waals surface area contributed by atoms with Gasteiger partial charge in [-0.05, 0) is 42.7 Å². The van der Waals surface area contributed by atoms with Gasteiger partial charge in [-0.25, -0.2) is 4.39 Å². The minimum absolute atomic E-state index is 0.0184. The van der Waals surface area contributed by atoms with E-state index in [9.17, 15) is 27.2 Å². The summed E-state index contributed by atoms with van der Waals surface area (Å²) < 4.78 is 66.6. The fourth-order valence-corrected chi connectivity index (χ4v) is 3.68. The third-order valence-electron chi connectivity index (χ3n) is 5.70. The molecule has 3 N–H and O–H groups in total. The van der Waals surface area contributed by atoms with Crippen molar-refractivity contribution in [3.8, 4) is 23.0 Å². The number of hydrogen-bond donors (Lipinski definition) is 2. The molecule has 2 aromatic carbocycles. The largest absolute Gasteiger partial charge is 0.573 e. The summed E-state index contributed by atoms with van der Waals surface area (Å²) in [4.78, 5) is 28.9. The number of aromatic nitrogens is 1. The van der Waals surface area contributed by atoms with Crippen LogP contribution in [-0.4, -0.2) is 30.3 Å². The zero-order valence-electron chi connectivity index (χ0n) is 19.6. The number of methoxy groups -OCH3 is 1. The van der Waals surface area contributed by atoms with Crippen LogP contribution in [-0.2, 0) is 0 Å². The third kappa shape index (κ3) is 6.08. The molecule has 2 amide bonds. The lowest BCUT2D eigenvalue weighted by Crippen LogP contribution is -2.17. The number of pyridine rings is 1. The summed E-state index contributed by atoms with van der Waals surface area (Å²) in [6.45, 7) is 2.04. The van der Waals surface area contributed by atoms with Gasteiger partial charge in [-0.1, -0.05) is 6.92 Å². The molecule has 4 rings (SSSR count). The minimum atomic E-state index is -4.89. The number of benzene rings is 2. The van der Waals surface area contributed by atoms with Gasteiger partial charge in [0.25, 0.3) is 11.8 Å². The molecule has 1 heterocycles. The fourth-order valence-electron chi connectivity index (χ4n) is 3.68. The molecule has 37 heavy (non-hydrogen) atoms. The number of carbonyl (C=O) groups is 2. The van der Waals surface area contributed by atoms with Gasteiger partial charge in [0.05, 0.1) is 12.7 Å². The van der Waals surface area contributed by atoms with Crippen molar-refractivity contribution in [1.82, 2.24) is 4.98 Å². The number of nitrogens with one attached hydrogen (secondary N) is 1. The normalized spacial score (nSPS) is 16.6. The molecule has 3 aromatic rings. The fraction of sp³-hybridized carbons (Fsp3) is 0.240. The van der Waals surface area contributed by atoms with Crippen LogP contribution in [0.3, 0.4) is 0 Å². The van der Waals surface area contributed by atoms with Crippen molar-refractivity contribution < 1.29 is 41.4 Å². The van der Waals surface area contributed by atoms with Crippen LogP contribution in [0.1, 0.15) is 45.7 Å². The van der Waals surface area contributed by atoms with Gasteiger partial charge in [0.2, 0.25) is 0 Å². The van der Waals surface area contributed by atoms with Crippen molar-refractivity contribution >= 4 is 17.5 Å². The lowest BCUT2D eigenvalue weighted by molar-refractivity contribution is -0.274. The van der Waals surface area contributed by atoms with Crippen LogP contribution in [0.4, 0.5) is 23.2 Å². The van der Waals surface area contributed by atoms with Crippen molar-refractivity contribution in [2.75, 3.05) is 12.4 Å². The highest BCUT2D eigenvalue weighted by Crippen LogP contribution is 2.47. The Morgan fingerprint density at radius 2 is 1.78 bits per heavy atom. The summed E-state index contributed by atoms with van der Waals surface area (Å²) in [5, 5.41) is 2.53. The molecule has 1 aliphatic carbocycles. The number of amides is 2. The Morgan fingerprint density at radius 3 is 2.41 bits per heavy atom. The van der Waals surface area contributed by atoms with Gasteiger partial charge < -0.3 is 25.3 Å². The molecule has 1 aromatic heterocycles. The number of ether oxygens (including phenoxy) is 3. The highest BCUT2D eigenvalue weighted by Gasteiger charge is 2.36. The van der Waals surface area contributed by atoms with E-state index in [1.54, 1.807) is 6.07 Å². The van der Waals surface area contributed by atoms with E-state index in [-0.39, 0.29) is 34.4 Å². The number of hydrogen-bond acceptors (Lipinski definition) is 6. The van der Waals surface area contributed by atoms with Gasteiger partial charge in [0.1, 0.15) is 22.9 Å². The number of nitrogens with zero attached hydrogens (tertiary/aromatic N) is 1. The summed E-state index contributed by atoms with van der Waals surface area (Å²) in [6.07, 6.45) is -2.69. The summed E-state index contributed by atoms with van der Waals surface area (Å²) >= 11 is 0. The maximum atomic E-state index is 13.8. The monoisotopic (exact) mass is 519 g/mol. The Morgan fingerprint density at radius 1 is 1.05 bits per heavy atom. The molecule has 194 valence electrons. The molecule has 0 aliphatic heterocycles. The molecule has 0 bridgehead atoms. The Balaban J connectivity index is 1.66. The smallest absolute Gasteiger partial charge is 0.493 e. The van der Waals surface area contributed by atoms with Crippen LogP contribution in [0, 0.1) is 11.7 Å². The standard InChI is InChI=1S/C25H21F4N3O5/c1-12-7-15(12)19-10-21(36-20-6-4-14(9-22(20)35-2)37-25(27,28)29)17(11-31-19)24(34)32-13-3-5-18(26)16(8-13)23(30)33/h3-6,8-12,15H,7H2,1-2H3,(H2,30,33)(H,32,34)/t12-,15-/m0/s1. The predicted octanol–water partition coefficient (Wildman–Crippen LogP) is 5.39. The highest BCUT2D eigenvalue weighted by atomic mass is 19.4. The van der Waals surface area contributed by atoms with Gasteiger partial charge in [0.15, 0.2) is 11.5 Å². The molecule has 1 fully saturated rings. The van der Waals surface area contributed by atoms with Crippen LogP contribution in [0.2, 0.25) is 0 Å². The molecule has 0 saturated heterocycles. The quantitative estimate of drug-likeness (QED) is 0.386. The molecule has 2 atom stereocenters. The highest BCUT2D eigenvalue weighted by molar-refractivity contribution is 6.06. The number of rotatable bonds is 8. The van der Waals surface area contributed by atoms with Gasteiger partial charge in [-0.15, -0.1) is 13.2 Å². The van der Waals surface area contributed by atoms with Crippen molar-refractivity contribution in [3.63, 3.8) is 0 Å². The zero-order chi connectivity index (χ0) is 26.9. The van der Waals surface area contributed by atoms with E-state index in [1.807, 2.05) is 6.92 Å². The van der Waals surface area contributed by atoms with Crippen molar-refractivity contribution in [2.24, 2.45) is 11.7 Å². The van der Waals surface area contributed by atoms with Crippen LogP contribution >= 0.6 is 0 Å². The van der Waals surface area contributed by atoms with E-state index in [4.69, 9.17) is 15.2 Å².